The molecule has 2 aromatic rings. The Balaban J connectivity index is 2.11. The van der Waals surface area contributed by atoms with Crippen LogP contribution in [0.15, 0.2) is 24.3 Å². The maximum Gasteiger partial charge on any atom is 0.0890 e. The molecule has 0 saturated heterocycles. The summed E-state index contributed by atoms with van der Waals surface area (Å²) in [6.45, 7) is 4.40. The topological polar surface area (TPSA) is 51.8 Å². The van der Waals surface area contributed by atoms with Crippen molar-refractivity contribution in [2.45, 2.75) is 32.1 Å². The molecule has 0 amide bonds. The summed E-state index contributed by atoms with van der Waals surface area (Å²) < 4.78 is 4.10. The second kappa shape index (κ2) is 4.05. The van der Waals surface area contributed by atoms with Crippen LogP contribution in [-0.2, 0) is 5.41 Å². The van der Waals surface area contributed by atoms with Crippen LogP contribution in [0.4, 0.5) is 5.69 Å². The van der Waals surface area contributed by atoms with E-state index in [2.05, 4.69) is 35.6 Å². The van der Waals surface area contributed by atoms with E-state index in [1.54, 1.807) is 0 Å². The van der Waals surface area contributed by atoms with Gasteiger partial charge in [0.1, 0.15) is 0 Å². The second-order valence-corrected chi connectivity index (χ2v) is 6.36. The minimum atomic E-state index is 0.0475. The summed E-state index contributed by atoms with van der Waals surface area (Å²) in [6, 6.07) is 8.22. The lowest BCUT2D eigenvalue weighted by Crippen LogP contribution is -2.42. The van der Waals surface area contributed by atoms with Crippen molar-refractivity contribution in [3.05, 3.63) is 40.4 Å². The monoisotopic (exact) mass is 259 g/mol. The highest BCUT2D eigenvalue weighted by Crippen LogP contribution is 2.52. The number of anilines is 1. The van der Waals surface area contributed by atoms with Crippen LogP contribution >= 0.6 is 11.5 Å². The minimum Gasteiger partial charge on any atom is -0.399 e. The van der Waals surface area contributed by atoms with Gasteiger partial charge >= 0.3 is 0 Å². The summed E-state index contributed by atoms with van der Waals surface area (Å²) in [5.74, 6) is 0.743. The van der Waals surface area contributed by atoms with Crippen molar-refractivity contribution in [2.75, 3.05) is 5.73 Å². The predicted molar refractivity (Wildman–Crippen MR) is 74.7 cm³/mol. The maximum absolute atomic E-state index is 5.93. The first kappa shape index (κ1) is 11.7. The molecule has 1 aliphatic carbocycles. The van der Waals surface area contributed by atoms with Crippen molar-refractivity contribution in [2.24, 2.45) is 5.92 Å². The fraction of sp³-hybridized carbons (Fsp3) is 0.429. The van der Waals surface area contributed by atoms with E-state index in [0.717, 1.165) is 30.1 Å². The molecule has 0 bridgehead atoms. The summed E-state index contributed by atoms with van der Waals surface area (Å²) in [4.78, 5) is 1.23. The summed E-state index contributed by atoms with van der Waals surface area (Å²) in [6.07, 6.45) is 2.28. The number of benzene rings is 1. The van der Waals surface area contributed by atoms with Crippen molar-refractivity contribution in [3.63, 3.8) is 0 Å². The predicted octanol–water partition coefficient (Wildman–Crippen LogP) is 3.14. The number of nitrogens with zero attached hydrogens (tertiary/aromatic N) is 2. The number of rotatable bonds is 2. The molecular weight excluding hydrogens is 242 g/mol. The first-order chi connectivity index (χ1) is 8.62. The minimum absolute atomic E-state index is 0.0475. The molecule has 0 radical (unpaired) electrons. The van der Waals surface area contributed by atoms with Crippen molar-refractivity contribution in [1.29, 1.82) is 0 Å². The smallest absolute Gasteiger partial charge is 0.0890 e. The molecular formula is C14H17N3S. The molecule has 94 valence electrons. The zero-order valence-electron chi connectivity index (χ0n) is 10.7. The Morgan fingerprint density at radius 1 is 1.39 bits per heavy atom. The van der Waals surface area contributed by atoms with Gasteiger partial charge < -0.3 is 5.73 Å². The summed E-state index contributed by atoms with van der Waals surface area (Å²) in [5, 5.41) is 4.38. The zero-order chi connectivity index (χ0) is 12.8. The highest BCUT2D eigenvalue weighted by molar-refractivity contribution is 7.05. The molecule has 0 atom stereocenters. The van der Waals surface area contributed by atoms with Crippen LogP contribution in [0, 0.1) is 12.8 Å². The molecule has 1 heterocycles. The number of hydrogen-bond donors (Lipinski definition) is 1. The Hall–Kier alpha value is -1.42. The standard InChI is InChI=1S/C14H17N3S/c1-9-7-14(8-9,13-10(2)18-17-16-13)11-4-3-5-12(15)6-11/h3-6,9H,7-8,15H2,1-2H3. The van der Waals surface area contributed by atoms with Crippen LogP contribution in [0.5, 0.6) is 0 Å². The van der Waals surface area contributed by atoms with Crippen LogP contribution in [-0.4, -0.2) is 9.59 Å². The van der Waals surface area contributed by atoms with Crippen LogP contribution in [0.25, 0.3) is 0 Å². The Bertz CT molecular complexity index is 570. The van der Waals surface area contributed by atoms with Gasteiger partial charge in [-0.1, -0.05) is 23.5 Å². The first-order valence-corrected chi connectivity index (χ1v) is 7.04. The molecule has 0 spiro atoms. The van der Waals surface area contributed by atoms with E-state index in [1.807, 2.05) is 12.1 Å². The lowest BCUT2D eigenvalue weighted by molar-refractivity contribution is 0.194. The van der Waals surface area contributed by atoms with Gasteiger partial charge in [-0.3, -0.25) is 0 Å². The number of aryl methyl sites for hydroxylation is 1. The summed E-state index contributed by atoms with van der Waals surface area (Å²) >= 11 is 1.49. The number of nitrogens with two attached hydrogens (primary N) is 1. The highest BCUT2D eigenvalue weighted by Gasteiger charge is 2.47. The van der Waals surface area contributed by atoms with Crippen LogP contribution in [0.1, 0.15) is 35.9 Å². The highest BCUT2D eigenvalue weighted by atomic mass is 32.1. The Morgan fingerprint density at radius 3 is 2.72 bits per heavy atom. The van der Waals surface area contributed by atoms with Crippen molar-refractivity contribution in [1.82, 2.24) is 9.59 Å². The fourth-order valence-corrected chi connectivity index (χ4v) is 3.77. The maximum atomic E-state index is 5.93. The number of hydrogen-bond acceptors (Lipinski definition) is 4. The molecule has 4 heteroatoms. The SMILES string of the molecule is Cc1snnc1C1(c2cccc(N)c2)CC(C)C1. The van der Waals surface area contributed by atoms with Crippen molar-refractivity contribution < 1.29 is 0 Å². The molecule has 3 nitrogen and oxygen atoms in total. The normalized spacial score (nSPS) is 26.9. The molecule has 1 aromatic heterocycles. The van der Waals surface area contributed by atoms with E-state index in [-0.39, 0.29) is 5.41 Å². The van der Waals surface area contributed by atoms with Gasteiger partial charge in [0.2, 0.25) is 0 Å². The third-order valence-corrected chi connectivity index (χ3v) is 4.57. The molecule has 1 saturated carbocycles. The molecule has 0 unspecified atom stereocenters. The molecule has 1 aromatic carbocycles. The molecule has 1 fully saturated rings. The van der Waals surface area contributed by atoms with E-state index in [9.17, 15) is 0 Å². The summed E-state index contributed by atoms with van der Waals surface area (Å²) in [7, 11) is 0. The lowest BCUT2D eigenvalue weighted by Gasteiger charge is -2.46. The Labute approximate surface area is 111 Å². The third-order valence-electron chi connectivity index (χ3n) is 3.94. The molecule has 0 aliphatic heterocycles. The van der Waals surface area contributed by atoms with Gasteiger partial charge in [-0.15, -0.1) is 5.10 Å². The number of aromatic nitrogens is 2. The van der Waals surface area contributed by atoms with Gasteiger partial charge in [0, 0.05) is 16.0 Å². The van der Waals surface area contributed by atoms with Crippen molar-refractivity contribution in [3.8, 4) is 0 Å². The van der Waals surface area contributed by atoms with Gasteiger partial charge in [-0.05, 0) is 54.9 Å². The largest absolute Gasteiger partial charge is 0.399 e. The fourth-order valence-electron chi connectivity index (χ4n) is 3.20. The van der Waals surface area contributed by atoms with Gasteiger partial charge in [0.05, 0.1) is 5.69 Å². The average Bonchev–Trinajstić information content (AvgIpc) is 2.71. The van der Waals surface area contributed by atoms with E-state index >= 15 is 0 Å². The first-order valence-electron chi connectivity index (χ1n) is 6.27. The van der Waals surface area contributed by atoms with E-state index in [1.165, 1.54) is 22.0 Å². The second-order valence-electron chi connectivity index (χ2n) is 5.40. The Morgan fingerprint density at radius 2 is 2.17 bits per heavy atom. The average molecular weight is 259 g/mol. The van der Waals surface area contributed by atoms with Crippen LogP contribution < -0.4 is 5.73 Å². The van der Waals surface area contributed by atoms with E-state index < -0.39 is 0 Å². The van der Waals surface area contributed by atoms with Gasteiger partial charge in [0.15, 0.2) is 0 Å². The Kier molecular flexibility index (Phi) is 2.63. The van der Waals surface area contributed by atoms with E-state index in [0.29, 0.717) is 0 Å². The quantitative estimate of drug-likeness (QED) is 0.843. The van der Waals surface area contributed by atoms with Crippen molar-refractivity contribution >= 4 is 17.2 Å². The molecule has 2 N–H and O–H groups in total. The molecule has 18 heavy (non-hydrogen) atoms. The van der Waals surface area contributed by atoms with Gasteiger partial charge in [-0.2, -0.15) is 0 Å². The van der Waals surface area contributed by atoms with Gasteiger partial charge in [-0.25, -0.2) is 0 Å². The lowest BCUT2D eigenvalue weighted by atomic mass is 9.57. The van der Waals surface area contributed by atoms with Crippen LogP contribution in [0.2, 0.25) is 0 Å². The number of nitrogen functional groups attached to an aromatic ring is 1. The molecule has 1 aliphatic rings. The summed E-state index contributed by atoms with van der Waals surface area (Å²) in [5.41, 5.74) is 9.24. The van der Waals surface area contributed by atoms with E-state index in [4.69, 9.17) is 5.73 Å². The zero-order valence-corrected chi connectivity index (χ0v) is 11.5. The molecule has 3 rings (SSSR count). The third kappa shape index (κ3) is 1.63. The van der Waals surface area contributed by atoms with Crippen LogP contribution in [0.3, 0.4) is 0 Å². The van der Waals surface area contributed by atoms with Gasteiger partial charge in [0.25, 0.3) is 0 Å².